The highest BCUT2D eigenvalue weighted by molar-refractivity contribution is 6.02. The molecule has 0 saturated heterocycles. The molecule has 1 aromatic heterocycles. The average molecular weight is 394 g/mol. The molecule has 3 rings (SSSR count). The number of carbonyl (C=O) groups excluding carboxylic acids is 2. The highest BCUT2D eigenvalue weighted by atomic mass is 16.5. The minimum Gasteiger partial charge on any atom is -0.493 e. The molecule has 150 valence electrons. The lowest BCUT2D eigenvalue weighted by atomic mass is 10.2. The van der Waals surface area contributed by atoms with Crippen molar-refractivity contribution in [2.45, 2.75) is 13.3 Å². The largest absolute Gasteiger partial charge is 0.493 e. The van der Waals surface area contributed by atoms with Crippen LogP contribution in [0.3, 0.4) is 0 Å². The number of methoxy groups -OCH3 is 1. The summed E-state index contributed by atoms with van der Waals surface area (Å²) in [4.78, 5) is 24.5. The van der Waals surface area contributed by atoms with Crippen molar-refractivity contribution in [3.63, 3.8) is 0 Å². The Bertz CT molecular complexity index is 996. The summed E-state index contributed by atoms with van der Waals surface area (Å²) in [6.45, 7) is 1.77. The van der Waals surface area contributed by atoms with Gasteiger partial charge < -0.3 is 24.5 Å². The van der Waals surface area contributed by atoms with Crippen LogP contribution >= 0.6 is 0 Å². The number of hydrogen-bond acceptors (Lipinski definition) is 5. The van der Waals surface area contributed by atoms with Crippen molar-refractivity contribution in [2.75, 3.05) is 24.4 Å². The molecule has 2 aromatic carbocycles. The molecule has 7 heteroatoms. The van der Waals surface area contributed by atoms with Crippen LogP contribution in [0, 0.1) is 0 Å². The summed E-state index contributed by atoms with van der Waals surface area (Å²) in [6, 6.07) is 17.3. The van der Waals surface area contributed by atoms with Crippen LogP contribution in [0.15, 0.2) is 65.1 Å². The van der Waals surface area contributed by atoms with E-state index in [9.17, 15) is 9.59 Å². The standard InChI is InChI=1S/C22H22N2O5/c1-3-17-11-12-20(29-17)22(26)24-16-8-6-7-15(13-16)23-21(25)14-28-19-10-5-4-9-18(19)27-2/h4-13H,3,14H2,1-2H3,(H,23,25)(H,24,26). The highest BCUT2D eigenvalue weighted by Gasteiger charge is 2.12. The molecule has 0 unspecified atom stereocenters. The van der Waals surface area contributed by atoms with Crippen molar-refractivity contribution >= 4 is 23.2 Å². The topological polar surface area (TPSA) is 89.8 Å². The van der Waals surface area contributed by atoms with E-state index in [0.717, 1.165) is 5.76 Å². The number of carbonyl (C=O) groups is 2. The van der Waals surface area contributed by atoms with Gasteiger partial charge in [-0.2, -0.15) is 0 Å². The Labute approximate surface area is 168 Å². The van der Waals surface area contributed by atoms with Gasteiger partial charge in [0.2, 0.25) is 0 Å². The smallest absolute Gasteiger partial charge is 0.291 e. The minimum atomic E-state index is -0.354. The molecular formula is C22H22N2O5. The lowest BCUT2D eigenvalue weighted by molar-refractivity contribution is -0.118. The Balaban J connectivity index is 1.57. The van der Waals surface area contributed by atoms with E-state index in [4.69, 9.17) is 13.9 Å². The third-order valence-corrected chi connectivity index (χ3v) is 4.07. The molecule has 3 aromatic rings. The lowest BCUT2D eigenvalue weighted by Crippen LogP contribution is -2.20. The van der Waals surface area contributed by atoms with Crippen LogP contribution in [0.5, 0.6) is 11.5 Å². The maximum atomic E-state index is 12.3. The molecule has 7 nitrogen and oxygen atoms in total. The van der Waals surface area contributed by atoms with Gasteiger partial charge in [0.05, 0.1) is 7.11 Å². The van der Waals surface area contributed by atoms with Gasteiger partial charge in [0.15, 0.2) is 23.9 Å². The normalized spacial score (nSPS) is 10.3. The molecule has 0 fully saturated rings. The summed E-state index contributed by atoms with van der Waals surface area (Å²) in [5.74, 6) is 1.32. The second kappa shape index (κ2) is 9.45. The summed E-state index contributed by atoms with van der Waals surface area (Å²) < 4.78 is 16.1. The van der Waals surface area contributed by atoms with Crippen LogP contribution in [0.2, 0.25) is 0 Å². The quantitative estimate of drug-likeness (QED) is 0.600. The number of rotatable bonds is 8. The summed E-state index contributed by atoms with van der Waals surface area (Å²) in [5.41, 5.74) is 1.07. The zero-order chi connectivity index (χ0) is 20.6. The number of para-hydroxylation sites is 2. The fraction of sp³-hybridized carbons (Fsp3) is 0.182. The molecule has 2 N–H and O–H groups in total. The van der Waals surface area contributed by atoms with Gasteiger partial charge >= 0.3 is 0 Å². The van der Waals surface area contributed by atoms with E-state index in [1.54, 1.807) is 54.6 Å². The summed E-state index contributed by atoms with van der Waals surface area (Å²) in [7, 11) is 1.54. The Morgan fingerprint density at radius 1 is 0.931 bits per heavy atom. The van der Waals surface area contributed by atoms with Crippen molar-refractivity contribution < 1.29 is 23.5 Å². The summed E-state index contributed by atoms with van der Waals surface area (Å²) in [6.07, 6.45) is 0.714. The van der Waals surface area contributed by atoms with Gasteiger partial charge in [0.1, 0.15) is 5.76 Å². The van der Waals surface area contributed by atoms with Gasteiger partial charge in [-0.3, -0.25) is 9.59 Å². The summed E-state index contributed by atoms with van der Waals surface area (Å²) >= 11 is 0. The number of anilines is 2. The zero-order valence-corrected chi connectivity index (χ0v) is 16.2. The molecule has 29 heavy (non-hydrogen) atoms. The third-order valence-electron chi connectivity index (χ3n) is 4.07. The number of furan rings is 1. The molecule has 0 bridgehead atoms. The van der Waals surface area contributed by atoms with E-state index in [2.05, 4.69) is 10.6 Å². The monoisotopic (exact) mass is 394 g/mol. The zero-order valence-electron chi connectivity index (χ0n) is 16.2. The van der Waals surface area contributed by atoms with Gasteiger partial charge in [0.25, 0.3) is 11.8 Å². The molecule has 0 saturated carbocycles. The van der Waals surface area contributed by atoms with Crippen molar-refractivity contribution in [3.8, 4) is 11.5 Å². The third kappa shape index (κ3) is 5.38. The Morgan fingerprint density at radius 3 is 2.34 bits per heavy atom. The average Bonchev–Trinajstić information content (AvgIpc) is 3.22. The first-order chi connectivity index (χ1) is 14.1. The highest BCUT2D eigenvalue weighted by Crippen LogP contribution is 2.25. The van der Waals surface area contributed by atoms with E-state index < -0.39 is 0 Å². The van der Waals surface area contributed by atoms with Crippen LogP contribution in [-0.4, -0.2) is 25.5 Å². The van der Waals surface area contributed by atoms with E-state index in [0.29, 0.717) is 29.3 Å². The Kier molecular flexibility index (Phi) is 6.52. The second-order valence-electron chi connectivity index (χ2n) is 6.14. The number of amides is 2. The van der Waals surface area contributed by atoms with Crippen LogP contribution in [0.1, 0.15) is 23.2 Å². The Morgan fingerprint density at radius 2 is 1.66 bits per heavy atom. The van der Waals surface area contributed by atoms with Gasteiger partial charge in [0, 0.05) is 17.8 Å². The van der Waals surface area contributed by atoms with Gasteiger partial charge in [-0.1, -0.05) is 25.1 Å². The number of benzene rings is 2. The second-order valence-corrected chi connectivity index (χ2v) is 6.14. The Hall–Kier alpha value is -3.74. The van der Waals surface area contributed by atoms with Crippen LogP contribution in [-0.2, 0) is 11.2 Å². The molecule has 0 radical (unpaired) electrons. The van der Waals surface area contributed by atoms with Crippen molar-refractivity contribution in [2.24, 2.45) is 0 Å². The van der Waals surface area contributed by atoms with Crippen molar-refractivity contribution in [1.29, 1.82) is 0 Å². The summed E-state index contributed by atoms with van der Waals surface area (Å²) in [5, 5.41) is 5.49. The van der Waals surface area contributed by atoms with Gasteiger partial charge in [-0.15, -0.1) is 0 Å². The van der Waals surface area contributed by atoms with E-state index in [1.165, 1.54) is 7.11 Å². The van der Waals surface area contributed by atoms with E-state index in [1.807, 2.05) is 13.0 Å². The van der Waals surface area contributed by atoms with Crippen molar-refractivity contribution in [3.05, 3.63) is 72.2 Å². The molecule has 0 aliphatic carbocycles. The first-order valence-electron chi connectivity index (χ1n) is 9.15. The number of hydrogen-bond donors (Lipinski definition) is 2. The number of nitrogens with one attached hydrogen (secondary N) is 2. The molecule has 0 atom stereocenters. The maximum absolute atomic E-state index is 12.3. The van der Waals surface area contributed by atoms with E-state index in [-0.39, 0.29) is 24.2 Å². The SMILES string of the molecule is CCc1ccc(C(=O)Nc2cccc(NC(=O)COc3ccccc3OC)c2)o1. The molecule has 1 heterocycles. The number of ether oxygens (including phenoxy) is 2. The van der Waals surface area contributed by atoms with Crippen LogP contribution in [0.4, 0.5) is 11.4 Å². The molecule has 0 spiro atoms. The fourth-order valence-corrected chi connectivity index (χ4v) is 2.64. The number of aryl methyl sites for hydroxylation is 1. The fourth-order valence-electron chi connectivity index (χ4n) is 2.64. The molecular weight excluding hydrogens is 372 g/mol. The van der Waals surface area contributed by atoms with Crippen LogP contribution < -0.4 is 20.1 Å². The first kappa shape index (κ1) is 20.0. The molecule has 2 amide bonds. The van der Waals surface area contributed by atoms with Crippen molar-refractivity contribution in [1.82, 2.24) is 0 Å². The van der Waals surface area contributed by atoms with E-state index >= 15 is 0 Å². The first-order valence-corrected chi connectivity index (χ1v) is 9.15. The minimum absolute atomic E-state index is 0.177. The lowest BCUT2D eigenvalue weighted by Gasteiger charge is -2.11. The molecule has 0 aliphatic heterocycles. The predicted octanol–water partition coefficient (Wildman–Crippen LogP) is 4.12. The van der Waals surface area contributed by atoms with Gasteiger partial charge in [-0.05, 0) is 42.5 Å². The molecule has 0 aliphatic rings. The maximum Gasteiger partial charge on any atom is 0.291 e. The predicted molar refractivity (Wildman–Crippen MR) is 110 cm³/mol. The van der Waals surface area contributed by atoms with Crippen LogP contribution in [0.25, 0.3) is 0 Å². The van der Waals surface area contributed by atoms with Gasteiger partial charge in [-0.25, -0.2) is 0 Å².